The summed E-state index contributed by atoms with van der Waals surface area (Å²) in [6.45, 7) is 4.06. The number of aromatic amines is 1. The van der Waals surface area contributed by atoms with Crippen molar-refractivity contribution in [1.29, 1.82) is 0 Å². The highest BCUT2D eigenvalue weighted by Gasteiger charge is 2.25. The minimum absolute atomic E-state index is 0.131. The van der Waals surface area contributed by atoms with Gasteiger partial charge in [0.25, 0.3) is 0 Å². The molecule has 7 heteroatoms. The number of anilines is 1. The molecule has 0 atom stereocenters. The third-order valence-corrected chi connectivity index (χ3v) is 5.41. The number of carbonyl (C=O) groups excluding carboxylic acids is 1. The molecule has 3 heterocycles. The van der Waals surface area contributed by atoms with Gasteiger partial charge in [-0.05, 0) is 36.8 Å². The van der Waals surface area contributed by atoms with E-state index in [0.717, 1.165) is 31.4 Å². The van der Waals surface area contributed by atoms with E-state index in [4.69, 9.17) is 0 Å². The number of aryl methyl sites for hydroxylation is 1. The first-order valence-electron chi connectivity index (χ1n) is 9.32. The molecule has 2 aromatic heterocycles. The number of nitrogens with one attached hydrogen (secondary N) is 1. The summed E-state index contributed by atoms with van der Waals surface area (Å²) < 4.78 is 0. The molecular weight excluding hydrogens is 340 g/mol. The number of H-pyrrole nitrogens is 1. The van der Waals surface area contributed by atoms with Crippen molar-refractivity contribution in [2.45, 2.75) is 25.7 Å². The summed E-state index contributed by atoms with van der Waals surface area (Å²) in [7, 11) is 1.88. The van der Waals surface area contributed by atoms with Crippen LogP contribution < -0.4 is 4.90 Å². The summed E-state index contributed by atoms with van der Waals surface area (Å²) in [4.78, 5) is 32.2. The van der Waals surface area contributed by atoms with E-state index in [1.807, 2.05) is 16.8 Å². The molecule has 4 rings (SSSR count). The van der Waals surface area contributed by atoms with Gasteiger partial charge < -0.3 is 14.8 Å². The molecule has 1 fully saturated rings. The topological polar surface area (TPSA) is 78.0 Å². The molecular formula is C20H24N6O. The second-order valence-corrected chi connectivity index (χ2v) is 7.17. The number of benzene rings is 1. The molecule has 1 aliphatic rings. The van der Waals surface area contributed by atoms with E-state index in [1.165, 1.54) is 17.5 Å². The number of rotatable bonds is 4. The fourth-order valence-electron chi connectivity index (χ4n) is 3.90. The number of aromatic nitrogens is 4. The maximum atomic E-state index is 12.8. The lowest BCUT2D eigenvalue weighted by Gasteiger charge is -2.34. The van der Waals surface area contributed by atoms with E-state index in [-0.39, 0.29) is 5.91 Å². The van der Waals surface area contributed by atoms with Crippen LogP contribution in [0, 0.1) is 6.92 Å². The first-order valence-corrected chi connectivity index (χ1v) is 9.32. The SMILES string of the molecule is Cc1ccccc1C1CCN(C(=O)CN(C)c2ncnc3nc[nH]c23)CC1. The number of amides is 1. The highest BCUT2D eigenvalue weighted by Crippen LogP contribution is 2.30. The first kappa shape index (κ1) is 17.5. The van der Waals surface area contributed by atoms with Crippen molar-refractivity contribution >= 4 is 22.9 Å². The van der Waals surface area contributed by atoms with Crippen molar-refractivity contribution in [1.82, 2.24) is 24.8 Å². The number of imidazole rings is 1. The van der Waals surface area contributed by atoms with Crippen LogP contribution in [0.15, 0.2) is 36.9 Å². The first-order chi connectivity index (χ1) is 13.1. The predicted octanol–water partition coefficient (Wildman–Crippen LogP) is 2.50. The molecule has 0 spiro atoms. The van der Waals surface area contributed by atoms with Crippen LogP contribution in [0.25, 0.3) is 11.2 Å². The van der Waals surface area contributed by atoms with Crippen molar-refractivity contribution in [3.63, 3.8) is 0 Å². The van der Waals surface area contributed by atoms with Gasteiger partial charge in [-0.1, -0.05) is 24.3 Å². The largest absolute Gasteiger partial charge is 0.348 e. The Hall–Kier alpha value is -2.96. The van der Waals surface area contributed by atoms with Crippen LogP contribution in [0.5, 0.6) is 0 Å². The smallest absolute Gasteiger partial charge is 0.242 e. The van der Waals surface area contributed by atoms with Gasteiger partial charge in [-0.2, -0.15) is 0 Å². The van der Waals surface area contributed by atoms with E-state index in [1.54, 1.807) is 6.33 Å². The minimum atomic E-state index is 0.131. The van der Waals surface area contributed by atoms with Crippen molar-refractivity contribution < 1.29 is 4.79 Å². The van der Waals surface area contributed by atoms with Gasteiger partial charge in [-0.3, -0.25) is 4.79 Å². The molecule has 1 aromatic carbocycles. The molecule has 27 heavy (non-hydrogen) atoms. The maximum absolute atomic E-state index is 12.8. The van der Waals surface area contributed by atoms with Crippen molar-refractivity contribution in [2.24, 2.45) is 0 Å². The zero-order valence-corrected chi connectivity index (χ0v) is 15.7. The van der Waals surface area contributed by atoms with Crippen LogP contribution in [0.3, 0.4) is 0 Å². The van der Waals surface area contributed by atoms with Gasteiger partial charge in [0.2, 0.25) is 5.91 Å². The van der Waals surface area contributed by atoms with Crippen molar-refractivity contribution in [3.8, 4) is 0 Å². The fraction of sp³-hybridized carbons (Fsp3) is 0.400. The van der Waals surface area contributed by atoms with E-state index < -0.39 is 0 Å². The highest BCUT2D eigenvalue weighted by molar-refractivity contribution is 5.87. The molecule has 0 aliphatic carbocycles. The van der Waals surface area contributed by atoms with Crippen molar-refractivity contribution in [2.75, 3.05) is 31.6 Å². The lowest BCUT2D eigenvalue weighted by molar-refractivity contribution is -0.130. The Kier molecular flexibility index (Phi) is 4.75. The molecule has 3 aromatic rings. The normalized spacial score (nSPS) is 15.3. The molecule has 1 aliphatic heterocycles. The Balaban J connectivity index is 1.38. The molecule has 1 amide bonds. The third-order valence-electron chi connectivity index (χ3n) is 5.41. The van der Waals surface area contributed by atoms with Crippen LogP contribution >= 0.6 is 0 Å². The molecule has 0 radical (unpaired) electrons. The number of likely N-dealkylation sites (tertiary alicyclic amines) is 1. The molecule has 0 unspecified atom stereocenters. The number of hydrogen-bond acceptors (Lipinski definition) is 5. The second kappa shape index (κ2) is 7.34. The number of fused-ring (bicyclic) bond motifs is 1. The van der Waals surface area contributed by atoms with E-state index in [2.05, 4.69) is 51.1 Å². The van der Waals surface area contributed by atoms with Crippen molar-refractivity contribution in [3.05, 3.63) is 48.0 Å². The average molecular weight is 364 g/mol. The van der Waals surface area contributed by atoms with E-state index >= 15 is 0 Å². The van der Waals surface area contributed by atoms with Gasteiger partial charge in [-0.15, -0.1) is 0 Å². The van der Waals surface area contributed by atoms with E-state index in [0.29, 0.717) is 23.9 Å². The number of piperidine rings is 1. The third kappa shape index (κ3) is 3.49. The summed E-state index contributed by atoms with van der Waals surface area (Å²) in [5.41, 5.74) is 4.13. The Bertz CT molecular complexity index is 944. The standard InChI is InChI=1S/C20H24N6O/c1-14-5-3-4-6-16(14)15-7-9-26(10-8-15)17(27)11-25(2)20-18-19(22-12-21-18)23-13-24-20/h3-6,12-13,15H,7-11H2,1-2H3,(H,21,22,23,24). The zero-order chi connectivity index (χ0) is 18.8. The number of carbonyl (C=O) groups is 1. The van der Waals surface area contributed by atoms with Gasteiger partial charge in [0, 0.05) is 20.1 Å². The van der Waals surface area contributed by atoms with Gasteiger partial charge in [-0.25, -0.2) is 15.0 Å². The van der Waals surface area contributed by atoms with Gasteiger partial charge in [0.1, 0.15) is 11.8 Å². The molecule has 1 N–H and O–H groups in total. The molecule has 0 saturated carbocycles. The lowest BCUT2D eigenvalue weighted by Crippen LogP contribution is -2.43. The Labute approximate surface area is 158 Å². The molecule has 7 nitrogen and oxygen atoms in total. The predicted molar refractivity (Wildman–Crippen MR) is 105 cm³/mol. The summed E-state index contributed by atoms with van der Waals surface area (Å²) in [6.07, 6.45) is 5.10. The Morgan fingerprint density at radius 1 is 1.22 bits per heavy atom. The van der Waals surface area contributed by atoms with Gasteiger partial charge in [0.05, 0.1) is 12.9 Å². The number of hydrogen-bond donors (Lipinski definition) is 1. The Morgan fingerprint density at radius 2 is 2.00 bits per heavy atom. The van der Waals surface area contributed by atoms with E-state index in [9.17, 15) is 4.79 Å². The zero-order valence-electron chi connectivity index (χ0n) is 15.7. The fourth-order valence-corrected chi connectivity index (χ4v) is 3.90. The lowest BCUT2D eigenvalue weighted by atomic mass is 9.87. The number of nitrogens with zero attached hydrogens (tertiary/aromatic N) is 5. The van der Waals surface area contributed by atoms with Crippen LogP contribution in [0.1, 0.15) is 29.9 Å². The summed E-state index contributed by atoms with van der Waals surface area (Å²) in [6, 6.07) is 8.57. The van der Waals surface area contributed by atoms with Gasteiger partial charge in [0.15, 0.2) is 11.5 Å². The minimum Gasteiger partial charge on any atom is -0.348 e. The van der Waals surface area contributed by atoms with Crippen LogP contribution in [0.4, 0.5) is 5.82 Å². The summed E-state index contributed by atoms with van der Waals surface area (Å²) in [5.74, 6) is 1.37. The van der Waals surface area contributed by atoms with Crippen LogP contribution in [-0.2, 0) is 4.79 Å². The molecule has 140 valence electrons. The summed E-state index contributed by atoms with van der Waals surface area (Å²) >= 11 is 0. The van der Waals surface area contributed by atoms with Crippen LogP contribution in [-0.4, -0.2) is 57.4 Å². The second-order valence-electron chi connectivity index (χ2n) is 7.17. The highest BCUT2D eigenvalue weighted by atomic mass is 16.2. The maximum Gasteiger partial charge on any atom is 0.242 e. The molecule has 1 saturated heterocycles. The van der Waals surface area contributed by atoms with Gasteiger partial charge >= 0.3 is 0 Å². The summed E-state index contributed by atoms with van der Waals surface area (Å²) in [5, 5.41) is 0. The monoisotopic (exact) mass is 364 g/mol. The average Bonchev–Trinajstić information content (AvgIpc) is 3.17. The quantitative estimate of drug-likeness (QED) is 0.770. The molecule has 0 bridgehead atoms. The number of likely N-dealkylation sites (N-methyl/N-ethyl adjacent to an activating group) is 1. The Morgan fingerprint density at radius 3 is 2.78 bits per heavy atom. The van der Waals surface area contributed by atoms with Crippen LogP contribution in [0.2, 0.25) is 0 Å².